The van der Waals surface area contributed by atoms with Crippen molar-refractivity contribution in [2.24, 2.45) is 0 Å². The number of rotatable bonds is 8. The molecule has 0 heterocycles. The molecule has 0 aliphatic carbocycles. The first kappa shape index (κ1) is 23.4. The maximum Gasteiger partial charge on any atom is 0.326 e. The summed E-state index contributed by atoms with van der Waals surface area (Å²) in [6.07, 6.45) is 1.73. The van der Waals surface area contributed by atoms with Gasteiger partial charge in [0.25, 0.3) is 0 Å². The van der Waals surface area contributed by atoms with E-state index in [1.807, 2.05) is 36.4 Å². The highest BCUT2D eigenvalue weighted by Gasteiger charge is 2.19. The van der Waals surface area contributed by atoms with Crippen LogP contribution in [0.15, 0.2) is 66.7 Å². The molecule has 0 unspecified atom stereocenters. The number of methoxy groups -OCH3 is 1. The molecule has 168 valence electrons. The smallest absolute Gasteiger partial charge is 0.326 e. The zero-order chi connectivity index (χ0) is 23.1. The first-order valence-electron chi connectivity index (χ1n) is 11.4. The average Bonchev–Trinajstić information content (AvgIpc) is 2.83. The number of nitrogens with one attached hydrogen (secondary N) is 1. The van der Waals surface area contributed by atoms with Crippen molar-refractivity contribution in [3.63, 3.8) is 0 Å². The maximum atomic E-state index is 13.6. The van der Waals surface area contributed by atoms with Gasteiger partial charge in [0.05, 0.1) is 13.7 Å². The largest absolute Gasteiger partial charge is 0.497 e. The van der Waals surface area contributed by atoms with Gasteiger partial charge < -0.3 is 10.1 Å². The van der Waals surface area contributed by atoms with Gasteiger partial charge in [0.15, 0.2) is 0 Å². The molecule has 0 bridgehead atoms. The Bertz CT molecular complexity index is 1000. The summed E-state index contributed by atoms with van der Waals surface area (Å²) in [5.41, 5.74) is 6.39. The third-order valence-electron chi connectivity index (χ3n) is 5.85. The Kier molecular flexibility index (Phi) is 7.93. The Hall–Kier alpha value is -3.27. The molecule has 1 N–H and O–H groups in total. The Labute approximate surface area is 192 Å². The molecule has 0 aromatic heterocycles. The highest BCUT2D eigenvalue weighted by atomic mass is 16.5. The number of urea groups is 1. The highest BCUT2D eigenvalue weighted by Crippen LogP contribution is 2.26. The molecule has 3 aromatic carbocycles. The van der Waals surface area contributed by atoms with Gasteiger partial charge in [-0.15, -0.1) is 0 Å². The number of nitrogens with zero attached hydrogens (tertiary/aromatic N) is 1. The first-order chi connectivity index (χ1) is 15.5. The molecule has 4 nitrogen and oxygen atoms in total. The van der Waals surface area contributed by atoms with E-state index in [-0.39, 0.29) is 6.03 Å². The number of anilines is 2. The van der Waals surface area contributed by atoms with Gasteiger partial charge in [0, 0.05) is 11.4 Å². The van der Waals surface area contributed by atoms with Crippen LogP contribution in [0.5, 0.6) is 5.75 Å². The summed E-state index contributed by atoms with van der Waals surface area (Å²) in [7, 11) is 1.65. The van der Waals surface area contributed by atoms with Crippen molar-refractivity contribution in [1.82, 2.24) is 0 Å². The number of benzene rings is 3. The molecule has 4 heteroatoms. The van der Waals surface area contributed by atoms with Gasteiger partial charge in [0.2, 0.25) is 0 Å². The molecule has 0 saturated carbocycles. The summed E-state index contributed by atoms with van der Waals surface area (Å²) in [6.45, 7) is 9.04. The molecular formula is C28H34N2O2. The first-order valence-corrected chi connectivity index (χ1v) is 11.4. The fourth-order valence-electron chi connectivity index (χ4n) is 3.81. The molecular weight excluding hydrogens is 396 g/mol. The molecule has 32 heavy (non-hydrogen) atoms. The molecule has 0 fully saturated rings. The van der Waals surface area contributed by atoms with E-state index in [1.165, 1.54) is 5.56 Å². The van der Waals surface area contributed by atoms with Crippen molar-refractivity contribution in [3.8, 4) is 5.75 Å². The second-order valence-corrected chi connectivity index (χ2v) is 8.27. The number of hydrogen-bond donors (Lipinski definition) is 1. The zero-order valence-corrected chi connectivity index (χ0v) is 19.8. The zero-order valence-electron chi connectivity index (χ0n) is 19.8. The van der Waals surface area contributed by atoms with Gasteiger partial charge in [0.1, 0.15) is 5.75 Å². The highest BCUT2D eigenvalue weighted by molar-refractivity contribution is 6.02. The number of carbonyl (C=O) groups excluding carboxylic acids is 1. The van der Waals surface area contributed by atoms with E-state index in [0.29, 0.717) is 12.5 Å². The lowest BCUT2D eigenvalue weighted by Crippen LogP contribution is -2.35. The van der Waals surface area contributed by atoms with E-state index in [1.54, 1.807) is 12.0 Å². The fourth-order valence-corrected chi connectivity index (χ4v) is 3.81. The topological polar surface area (TPSA) is 41.6 Å². The van der Waals surface area contributed by atoms with Gasteiger partial charge in [-0.25, -0.2) is 4.79 Å². The molecule has 2 amide bonds. The molecule has 3 aromatic rings. The minimum Gasteiger partial charge on any atom is -0.497 e. The Morgan fingerprint density at radius 2 is 1.50 bits per heavy atom. The van der Waals surface area contributed by atoms with Gasteiger partial charge in [-0.05, 0) is 65.3 Å². The van der Waals surface area contributed by atoms with Crippen LogP contribution in [-0.4, -0.2) is 13.1 Å². The monoisotopic (exact) mass is 430 g/mol. The van der Waals surface area contributed by atoms with Gasteiger partial charge in [-0.3, -0.25) is 4.90 Å². The number of amides is 2. The summed E-state index contributed by atoms with van der Waals surface area (Å²) in [5, 5.41) is 3.22. The quantitative estimate of drug-likeness (QED) is 0.411. The number of aryl methyl sites for hydroxylation is 2. The van der Waals surface area contributed by atoms with E-state index >= 15 is 0 Å². The summed E-state index contributed by atoms with van der Waals surface area (Å²) in [4.78, 5) is 15.4. The minimum atomic E-state index is -0.131. The summed E-state index contributed by atoms with van der Waals surface area (Å²) in [6, 6.07) is 22.2. The van der Waals surface area contributed by atoms with Crippen LogP contribution in [0, 0.1) is 0 Å². The molecule has 0 saturated heterocycles. The van der Waals surface area contributed by atoms with Crippen LogP contribution >= 0.6 is 0 Å². The van der Waals surface area contributed by atoms with Crippen molar-refractivity contribution in [2.45, 2.75) is 53.0 Å². The predicted octanol–water partition coefficient (Wildman–Crippen LogP) is 7.18. The lowest BCUT2D eigenvalue weighted by Gasteiger charge is -2.25. The second kappa shape index (κ2) is 10.9. The van der Waals surface area contributed by atoms with Crippen molar-refractivity contribution in [1.29, 1.82) is 0 Å². The van der Waals surface area contributed by atoms with Crippen LogP contribution in [0.4, 0.5) is 16.2 Å². The van der Waals surface area contributed by atoms with Gasteiger partial charge in [-0.2, -0.15) is 0 Å². The predicted molar refractivity (Wildman–Crippen MR) is 134 cm³/mol. The third-order valence-corrected chi connectivity index (χ3v) is 5.85. The molecule has 0 aliphatic rings. The molecule has 0 aliphatic heterocycles. The summed E-state index contributed by atoms with van der Waals surface area (Å²) in [5.74, 6) is 1.24. The van der Waals surface area contributed by atoms with E-state index in [9.17, 15) is 4.79 Å². The summed E-state index contributed by atoms with van der Waals surface area (Å²) >= 11 is 0. The van der Waals surface area contributed by atoms with Gasteiger partial charge >= 0.3 is 6.03 Å². The molecule has 3 rings (SSSR count). The fraction of sp³-hybridized carbons (Fsp3) is 0.321. The van der Waals surface area contributed by atoms with E-state index in [2.05, 4.69) is 63.3 Å². The van der Waals surface area contributed by atoms with E-state index in [0.717, 1.165) is 46.7 Å². The lowest BCUT2D eigenvalue weighted by molar-refractivity contribution is 0.256. The van der Waals surface area contributed by atoms with Crippen LogP contribution in [0.25, 0.3) is 0 Å². The number of hydrogen-bond acceptors (Lipinski definition) is 2. The second-order valence-electron chi connectivity index (χ2n) is 8.27. The third kappa shape index (κ3) is 5.50. The van der Waals surface area contributed by atoms with Crippen LogP contribution in [0.3, 0.4) is 0 Å². The van der Waals surface area contributed by atoms with E-state index in [4.69, 9.17) is 4.74 Å². The van der Waals surface area contributed by atoms with Crippen molar-refractivity contribution in [3.05, 3.63) is 89.0 Å². The van der Waals surface area contributed by atoms with Crippen molar-refractivity contribution >= 4 is 17.4 Å². The van der Waals surface area contributed by atoms with Crippen LogP contribution < -0.4 is 15.0 Å². The van der Waals surface area contributed by atoms with E-state index < -0.39 is 0 Å². The Morgan fingerprint density at radius 1 is 0.906 bits per heavy atom. The Morgan fingerprint density at radius 3 is 2.00 bits per heavy atom. The van der Waals surface area contributed by atoms with Crippen molar-refractivity contribution < 1.29 is 9.53 Å². The SMILES string of the molecule is CCc1cccc(CC)c1NC(=O)N(Cc1ccc(OC)cc1)c1ccc(C(C)C)cc1. The average molecular weight is 431 g/mol. The van der Waals surface area contributed by atoms with Gasteiger partial charge in [-0.1, -0.05) is 70.2 Å². The lowest BCUT2D eigenvalue weighted by atomic mass is 10.0. The normalized spacial score (nSPS) is 10.8. The van der Waals surface area contributed by atoms with Crippen LogP contribution in [0.1, 0.15) is 55.9 Å². The Balaban J connectivity index is 1.95. The number of para-hydroxylation sites is 1. The molecule has 0 radical (unpaired) electrons. The molecule has 0 spiro atoms. The number of ether oxygens (including phenoxy) is 1. The molecule has 0 atom stereocenters. The van der Waals surface area contributed by atoms with Crippen molar-refractivity contribution in [2.75, 3.05) is 17.3 Å². The summed E-state index contributed by atoms with van der Waals surface area (Å²) < 4.78 is 5.28. The van der Waals surface area contributed by atoms with Crippen LogP contribution in [0.2, 0.25) is 0 Å². The number of carbonyl (C=O) groups is 1. The van der Waals surface area contributed by atoms with Crippen LogP contribution in [-0.2, 0) is 19.4 Å². The minimum absolute atomic E-state index is 0.131. The standard InChI is InChI=1S/C28H34N2O2/c1-6-22-9-8-10-23(7-2)27(22)29-28(31)30(19-21-11-17-26(32-5)18-12-21)25-15-13-24(14-16-25)20(3)4/h8-18,20H,6-7,19H2,1-5H3,(H,29,31). The maximum absolute atomic E-state index is 13.6.